The van der Waals surface area contributed by atoms with Crippen molar-refractivity contribution in [3.05, 3.63) is 35.4 Å². The summed E-state index contributed by atoms with van der Waals surface area (Å²) in [5.74, 6) is 0. The molecule has 1 rings (SSSR count). The van der Waals surface area contributed by atoms with Gasteiger partial charge in [0.05, 0.1) is 12.7 Å². The minimum absolute atomic E-state index is 0.410. The zero-order chi connectivity index (χ0) is 12.5. The first kappa shape index (κ1) is 14.2. The third-order valence-electron chi connectivity index (χ3n) is 2.57. The SMILES string of the molecule is CCOCC(O)CNCCc1cccc(C)c1. The molecule has 0 aliphatic carbocycles. The number of aliphatic hydroxyl groups excluding tert-OH is 1. The van der Waals surface area contributed by atoms with E-state index in [1.807, 2.05) is 6.92 Å². The van der Waals surface area contributed by atoms with Gasteiger partial charge in [-0.05, 0) is 32.4 Å². The standard InChI is InChI=1S/C14H23NO2/c1-3-17-11-14(16)10-15-8-7-13-6-4-5-12(2)9-13/h4-6,9,14-16H,3,7-8,10-11H2,1-2H3. The predicted octanol–water partition coefficient (Wildman–Crippen LogP) is 1.52. The molecule has 1 atom stereocenters. The Kier molecular flexibility index (Phi) is 6.86. The number of aliphatic hydroxyl groups is 1. The quantitative estimate of drug-likeness (QED) is 0.674. The van der Waals surface area contributed by atoms with Gasteiger partial charge in [0.25, 0.3) is 0 Å². The van der Waals surface area contributed by atoms with Gasteiger partial charge in [0, 0.05) is 13.2 Å². The highest BCUT2D eigenvalue weighted by Gasteiger charge is 2.02. The molecule has 96 valence electrons. The minimum atomic E-state index is -0.410. The number of aryl methyl sites for hydroxylation is 1. The van der Waals surface area contributed by atoms with Crippen molar-refractivity contribution in [1.82, 2.24) is 5.32 Å². The number of rotatable bonds is 8. The van der Waals surface area contributed by atoms with E-state index in [0.29, 0.717) is 19.8 Å². The van der Waals surface area contributed by atoms with Crippen LogP contribution in [0.5, 0.6) is 0 Å². The molecule has 2 N–H and O–H groups in total. The summed E-state index contributed by atoms with van der Waals surface area (Å²) in [4.78, 5) is 0. The number of nitrogens with one attached hydrogen (secondary N) is 1. The summed E-state index contributed by atoms with van der Waals surface area (Å²) < 4.78 is 5.14. The largest absolute Gasteiger partial charge is 0.389 e. The number of hydrogen-bond donors (Lipinski definition) is 2. The number of hydrogen-bond acceptors (Lipinski definition) is 3. The van der Waals surface area contributed by atoms with Crippen LogP contribution in [0.2, 0.25) is 0 Å². The Balaban J connectivity index is 2.11. The van der Waals surface area contributed by atoms with Gasteiger partial charge in [0.2, 0.25) is 0 Å². The summed E-state index contributed by atoms with van der Waals surface area (Å²) in [6.45, 7) is 6.56. The molecule has 0 spiro atoms. The lowest BCUT2D eigenvalue weighted by Crippen LogP contribution is -2.31. The molecule has 3 heteroatoms. The predicted molar refractivity (Wildman–Crippen MR) is 70.3 cm³/mol. The Morgan fingerprint density at radius 1 is 1.41 bits per heavy atom. The summed E-state index contributed by atoms with van der Waals surface area (Å²) in [6, 6.07) is 8.50. The van der Waals surface area contributed by atoms with E-state index in [9.17, 15) is 5.11 Å². The van der Waals surface area contributed by atoms with Gasteiger partial charge in [-0.3, -0.25) is 0 Å². The van der Waals surface area contributed by atoms with Gasteiger partial charge < -0.3 is 15.2 Å². The topological polar surface area (TPSA) is 41.5 Å². The number of ether oxygens (including phenoxy) is 1. The lowest BCUT2D eigenvalue weighted by Gasteiger charge is -2.11. The Hall–Kier alpha value is -0.900. The third kappa shape index (κ3) is 6.41. The Morgan fingerprint density at radius 3 is 2.94 bits per heavy atom. The minimum Gasteiger partial charge on any atom is -0.389 e. The van der Waals surface area contributed by atoms with Gasteiger partial charge in [-0.25, -0.2) is 0 Å². The molecule has 0 aliphatic heterocycles. The fourth-order valence-corrected chi connectivity index (χ4v) is 1.68. The molecule has 1 unspecified atom stereocenters. The van der Waals surface area contributed by atoms with Crippen LogP contribution in [0, 0.1) is 6.92 Å². The van der Waals surface area contributed by atoms with E-state index in [4.69, 9.17) is 4.74 Å². The van der Waals surface area contributed by atoms with Gasteiger partial charge in [-0.1, -0.05) is 29.8 Å². The second-order valence-electron chi connectivity index (χ2n) is 4.26. The average molecular weight is 237 g/mol. The smallest absolute Gasteiger partial charge is 0.0897 e. The summed E-state index contributed by atoms with van der Waals surface area (Å²) in [7, 11) is 0. The first-order chi connectivity index (χ1) is 8.22. The van der Waals surface area contributed by atoms with Gasteiger partial charge in [0.15, 0.2) is 0 Å². The van der Waals surface area contributed by atoms with Crippen LogP contribution in [-0.4, -0.2) is 37.5 Å². The molecule has 17 heavy (non-hydrogen) atoms. The molecule has 0 radical (unpaired) electrons. The van der Waals surface area contributed by atoms with Crippen LogP contribution in [-0.2, 0) is 11.2 Å². The lowest BCUT2D eigenvalue weighted by molar-refractivity contribution is 0.0430. The first-order valence-corrected chi connectivity index (χ1v) is 6.24. The van der Waals surface area contributed by atoms with Gasteiger partial charge in [-0.2, -0.15) is 0 Å². The van der Waals surface area contributed by atoms with Crippen molar-refractivity contribution in [2.24, 2.45) is 0 Å². The van der Waals surface area contributed by atoms with Crippen LogP contribution < -0.4 is 5.32 Å². The molecule has 0 aliphatic rings. The van der Waals surface area contributed by atoms with Crippen LogP contribution in [0.1, 0.15) is 18.1 Å². The molecular weight excluding hydrogens is 214 g/mol. The van der Waals surface area contributed by atoms with Crippen molar-refractivity contribution in [3.63, 3.8) is 0 Å². The molecule has 0 bridgehead atoms. The fraction of sp³-hybridized carbons (Fsp3) is 0.571. The summed E-state index contributed by atoms with van der Waals surface area (Å²) in [5.41, 5.74) is 2.62. The Bertz CT molecular complexity index is 315. The van der Waals surface area contributed by atoms with Crippen molar-refractivity contribution < 1.29 is 9.84 Å². The Labute approximate surface area is 104 Å². The van der Waals surface area contributed by atoms with Crippen LogP contribution >= 0.6 is 0 Å². The highest BCUT2D eigenvalue weighted by molar-refractivity contribution is 5.22. The maximum Gasteiger partial charge on any atom is 0.0897 e. The molecule has 0 amide bonds. The molecule has 0 saturated carbocycles. The molecular formula is C14H23NO2. The molecule has 1 aromatic carbocycles. The van der Waals surface area contributed by atoms with Crippen LogP contribution in [0.15, 0.2) is 24.3 Å². The third-order valence-corrected chi connectivity index (χ3v) is 2.57. The monoisotopic (exact) mass is 237 g/mol. The molecule has 1 aromatic rings. The highest BCUT2D eigenvalue weighted by atomic mass is 16.5. The molecule has 0 heterocycles. The number of benzene rings is 1. The second-order valence-corrected chi connectivity index (χ2v) is 4.26. The Morgan fingerprint density at radius 2 is 2.24 bits per heavy atom. The van der Waals surface area contributed by atoms with Crippen molar-refractivity contribution in [1.29, 1.82) is 0 Å². The zero-order valence-electron chi connectivity index (χ0n) is 10.8. The summed E-state index contributed by atoms with van der Waals surface area (Å²) in [6.07, 6.45) is 0.579. The summed E-state index contributed by atoms with van der Waals surface area (Å²) >= 11 is 0. The second kappa shape index (κ2) is 8.23. The lowest BCUT2D eigenvalue weighted by atomic mass is 10.1. The first-order valence-electron chi connectivity index (χ1n) is 6.24. The van der Waals surface area contributed by atoms with Crippen molar-refractivity contribution >= 4 is 0 Å². The maximum absolute atomic E-state index is 9.53. The van der Waals surface area contributed by atoms with E-state index in [2.05, 4.69) is 36.5 Å². The fourth-order valence-electron chi connectivity index (χ4n) is 1.68. The van der Waals surface area contributed by atoms with Gasteiger partial charge >= 0.3 is 0 Å². The molecule has 0 saturated heterocycles. The van der Waals surface area contributed by atoms with Crippen molar-refractivity contribution in [2.45, 2.75) is 26.4 Å². The molecule has 0 fully saturated rings. The van der Waals surface area contributed by atoms with Crippen molar-refractivity contribution in [2.75, 3.05) is 26.3 Å². The summed E-state index contributed by atoms with van der Waals surface area (Å²) in [5, 5.41) is 12.8. The van der Waals surface area contributed by atoms with Crippen LogP contribution in [0.4, 0.5) is 0 Å². The normalized spacial score (nSPS) is 12.6. The average Bonchev–Trinajstić information content (AvgIpc) is 2.32. The van der Waals surface area contributed by atoms with E-state index >= 15 is 0 Å². The van der Waals surface area contributed by atoms with Crippen LogP contribution in [0.25, 0.3) is 0 Å². The van der Waals surface area contributed by atoms with E-state index in [1.54, 1.807) is 0 Å². The molecule has 3 nitrogen and oxygen atoms in total. The van der Waals surface area contributed by atoms with Crippen LogP contribution in [0.3, 0.4) is 0 Å². The highest BCUT2D eigenvalue weighted by Crippen LogP contribution is 2.03. The van der Waals surface area contributed by atoms with Gasteiger partial charge in [0.1, 0.15) is 0 Å². The maximum atomic E-state index is 9.53. The van der Waals surface area contributed by atoms with E-state index < -0.39 is 6.10 Å². The molecule has 0 aromatic heterocycles. The van der Waals surface area contributed by atoms with Crippen molar-refractivity contribution in [3.8, 4) is 0 Å². The van der Waals surface area contributed by atoms with Gasteiger partial charge in [-0.15, -0.1) is 0 Å². The van der Waals surface area contributed by atoms with E-state index in [0.717, 1.165) is 13.0 Å². The zero-order valence-corrected chi connectivity index (χ0v) is 10.8. The van der Waals surface area contributed by atoms with E-state index in [1.165, 1.54) is 11.1 Å². The van der Waals surface area contributed by atoms with E-state index in [-0.39, 0.29) is 0 Å².